The number of aryl methyl sites for hydroxylation is 1. The standard InChI is InChI=1S/C20H22N8O2/c1-26-17-16(24-19(25-17)27-8-4-5-12(21)10-27)18(29)28(20(26)30)11-13-9-22-14-6-2-3-7-15(14)23-13/h2-3,6-7,9,12H,4-5,8,10-11,21H2,1H3,(H,24,25). The van der Waals surface area contributed by atoms with Crippen LogP contribution in [0.1, 0.15) is 18.5 Å². The fourth-order valence-corrected chi connectivity index (χ4v) is 3.96. The van der Waals surface area contributed by atoms with Gasteiger partial charge >= 0.3 is 5.69 Å². The lowest BCUT2D eigenvalue weighted by molar-refractivity contribution is 0.501. The Balaban J connectivity index is 1.58. The third kappa shape index (κ3) is 3.05. The number of imidazole rings is 1. The van der Waals surface area contributed by atoms with Crippen LogP contribution < -0.4 is 21.9 Å². The highest BCUT2D eigenvalue weighted by Crippen LogP contribution is 2.18. The van der Waals surface area contributed by atoms with Gasteiger partial charge in [-0.05, 0) is 25.0 Å². The Kier molecular flexibility index (Phi) is 4.35. The lowest BCUT2D eigenvalue weighted by Crippen LogP contribution is -2.43. The van der Waals surface area contributed by atoms with Gasteiger partial charge in [0.05, 0.1) is 29.5 Å². The normalized spacial score (nSPS) is 17.1. The zero-order chi connectivity index (χ0) is 20.8. The van der Waals surface area contributed by atoms with Crippen LogP contribution in [0.5, 0.6) is 0 Å². The summed E-state index contributed by atoms with van der Waals surface area (Å²) in [5.41, 5.74) is 7.83. The summed E-state index contributed by atoms with van der Waals surface area (Å²) in [6.45, 7) is 1.50. The van der Waals surface area contributed by atoms with Gasteiger partial charge in [0.2, 0.25) is 5.95 Å². The third-order valence-corrected chi connectivity index (χ3v) is 5.54. The molecule has 5 rings (SSSR count). The number of fused-ring (bicyclic) bond motifs is 2. The maximum absolute atomic E-state index is 13.1. The molecule has 0 saturated carbocycles. The molecule has 1 aliphatic rings. The number of piperidine rings is 1. The zero-order valence-corrected chi connectivity index (χ0v) is 16.6. The van der Waals surface area contributed by atoms with Crippen molar-refractivity contribution < 1.29 is 0 Å². The van der Waals surface area contributed by atoms with Crippen LogP contribution in [-0.4, -0.2) is 48.2 Å². The van der Waals surface area contributed by atoms with Crippen LogP contribution in [-0.2, 0) is 13.6 Å². The molecule has 4 heterocycles. The van der Waals surface area contributed by atoms with Crippen LogP contribution in [0, 0.1) is 0 Å². The summed E-state index contributed by atoms with van der Waals surface area (Å²) in [5.74, 6) is 0.565. The van der Waals surface area contributed by atoms with E-state index in [1.54, 1.807) is 13.2 Å². The minimum absolute atomic E-state index is 0.0300. The van der Waals surface area contributed by atoms with Crippen molar-refractivity contribution >= 4 is 28.1 Å². The summed E-state index contributed by atoms with van der Waals surface area (Å²) in [7, 11) is 1.61. The van der Waals surface area contributed by atoms with Crippen molar-refractivity contribution in [3.63, 3.8) is 0 Å². The molecule has 1 saturated heterocycles. The van der Waals surface area contributed by atoms with E-state index in [4.69, 9.17) is 5.73 Å². The minimum Gasteiger partial charge on any atom is -0.341 e. The van der Waals surface area contributed by atoms with Crippen molar-refractivity contribution in [3.8, 4) is 0 Å². The molecule has 4 aromatic rings. The number of benzene rings is 1. The number of rotatable bonds is 3. The summed E-state index contributed by atoms with van der Waals surface area (Å²) in [6, 6.07) is 7.54. The van der Waals surface area contributed by atoms with E-state index in [0.717, 1.165) is 29.5 Å². The first-order chi connectivity index (χ1) is 14.5. The molecule has 154 valence electrons. The van der Waals surface area contributed by atoms with Gasteiger partial charge in [0.1, 0.15) is 0 Å². The Bertz CT molecular complexity index is 1370. The Hall–Kier alpha value is -3.53. The van der Waals surface area contributed by atoms with Crippen LogP contribution in [0.4, 0.5) is 5.95 Å². The van der Waals surface area contributed by atoms with E-state index < -0.39 is 11.2 Å². The monoisotopic (exact) mass is 406 g/mol. The van der Waals surface area contributed by atoms with E-state index >= 15 is 0 Å². The smallest absolute Gasteiger partial charge is 0.332 e. The van der Waals surface area contributed by atoms with Gasteiger partial charge < -0.3 is 15.6 Å². The van der Waals surface area contributed by atoms with Gasteiger partial charge in [0, 0.05) is 26.2 Å². The molecule has 1 unspecified atom stereocenters. The quantitative estimate of drug-likeness (QED) is 0.502. The zero-order valence-electron chi connectivity index (χ0n) is 16.6. The predicted molar refractivity (Wildman–Crippen MR) is 114 cm³/mol. The van der Waals surface area contributed by atoms with E-state index in [-0.39, 0.29) is 12.6 Å². The average molecular weight is 406 g/mol. The van der Waals surface area contributed by atoms with Crippen molar-refractivity contribution in [3.05, 3.63) is 57.0 Å². The number of nitrogens with one attached hydrogen (secondary N) is 1. The lowest BCUT2D eigenvalue weighted by atomic mass is 10.1. The first-order valence-corrected chi connectivity index (χ1v) is 9.92. The van der Waals surface area contributed by atoms with Crippen molar-refractivity contribution in [1.82, 2.24) is 29.1 Å². The first-order valence-electron chi connectivity index (χ1n) is 9.92. The summed E-state index contributed by atoms with van der Waals surface area (Å²) in [6.07, 6.45) is 3.52. The first kappa shape index (κ1) is 18.5. The number of para-hydroxylation sites is 2. The van der Waals surface area contributed by atoms with Gasteiger partial charge in [-0.1, -0.05) is 12.1 Å². The molecule has 1 fully saturated rings. The van der Waals surface area contributed by atoms with E-state index in [0.29, 0.717) is 34.9 Å². The molecule has 1 aromatic carbocycles. The number of hydrogen-bond donors (Lipinski definition) is 2. The Morgan fingerprint density at radius 1 is 1.20 bits per heavy atom. The summed E-state index contributed by atoms with van der Waals surface area (Å²) in [5, 5.41) is 0. The highest BCUT2D eigenvalue weighted by molar-refractivity contribution is 5.74. The summed E-state index contributed by atoms with van der Waals surface area (Å²) >= 11 is 0. The molecule has 0 spiro atoms. The van der Waals surface area contributed by atoms with Crippen LogP contribution in [0.15, 0.2) is 40.1 Å². The van der Waals surface area contributed by atoms with Crippen molar-refractivity contribution in [2.24, 2.45) is 12.8 Å². The molecule has 0 radical (unpaired) electrons. The molecule has 3 aromatic heterocycles. The topological polar surface area (TPSA) is 128 Å². The van der Waals surface area contributed by atoms with Gasteiger partial charge in [-0.3, -0.25) is 18.9 Å². The Labute approximate surface area is 171 Å². The highest BCUT2D eigenvalue weighted by atomic mass is 16.2. The molecule has 0 aliphatic carbocycles. The third-order valence-electron chi connectivity index (χ3n) is 5.54. The van der Waals surface area contributed by atoms with Crippen LogP contribution in [0.3, 0.4) is 0 Å². The van der Waals surface area contributed by atoms with E-state index in [1.807, 2.05) is 29.2 Å². The molecular weight excluding hydrogens is 384 g/mol. The van der Waals surface area contributed by atoms with Gasteiger partial charge in [0.15, 0.2) is 11.2 Å². The van der Waals surface area contributed by atoms with Gasteiger partial charge in [-0.2, -0.15) is 4.98 Å². The highest BCUT2D eigenvalue weighted by Gasteiger charge is 2.22. The SMILES string of the molecule is Cn1c(=O)n(Cc2cnc3ccccc3n2)c(=O)c2[nH]c(N3CCCC(N)C3)nc21. The van der Waals surface area contributed by atoms with Gasteiger partial charge in [0.25, 0.3) is 5.56 Å². The second kappa shape index (κ2) is 7.06. The van der Waals surface area contributed by atoms with Gasteiger partial charge in [-0.15, -0.1) is 0 Å². The molecule has 10 heteroatoms. The minimum atomic E-state index is -0.448. The number of aromatic nitrogens is 6. The number of aromatic amines is 1. The predicted octanol–water partition coefficient (Wildman–Crippen LogP) is 0.342. The number of hydrogen-bond acceptors (Lipinski definition) is 7. The van der Waals surface area contributed by atoms with E-state index in [2.05, 4.69) is 19.9 Å². The number of H-pyrrole nitrogens is 1. The molecule has 1 aliphatic heterocycles. The van der Waals surface area contributed by atoms with Crippen LogP contribution >= 0.6 is 0 Å². The van der Waals surface area contributed by atoms with E-state index in [9.17, 15) is 9.59 Å². The van der Waals surface area contributed by atoms with Crippen molar-refractivity contribution in [2.75, 3.05) is 18.0 Å². The van der Waals surface area contributed by atoms with E-state index in [1.165, 1.54) is 4.57 Å². The molecule has 0 amide bonds. The molecular formula is C20H22N8O2. The fraction of sp³-hybridized carbons (Fsp3) is 0.350. The van der Waals surface area contributed by atoms with Crippen LogP contribution in [0.25, 0.3) is 22.2 Å². The lowest BCUT2D eigenvalue weighted by Gasteiger charge is -2.30. The van der Waals surface area contributed by atoms with Gasteiger partial charge in [-0.25, -0.2) is 9.78 Å². The molecule has 30 heavy (non-hydrogen) atoms. The van der Waals surface area contributed by atoms with Crippen LogP contribution in [0.2, 0.25) is 0 Å². The Morgan fingerprint density at radius 3 is 2.80 bits per heavy atom. The molecule has 1 atom stereocenters. The summed E-state index contributed by atoms with van der Waals surface area (Å²) in [4.78, 5) is 44.6. The number of nitrogens with zero attached hydrogens (tertiary/aromatic N) is 6. The number of anilines is 1. The largest absolute Gasteiger partial charge is 0.341 e. The molecule has 0 bridgehead atoms. The molecule has 10 nitrogen and oxygen atoms in total. The maximum Gasteiger partial charge on any atom is 0.332 e. The average Bonchev–Trinajstić information content (AvgIpc) is 3.21. The Morgan fingerprint density at radius 2 is 2.00 bits per heavy atom. The second-order valence-corrected chi connectivity index (χ2v) is 7.69. The second-order valence-electron chi connectivity index (χ2n) is 7.69. The maximum atomic E-state index is 13.1. The van der Waals surface area contributed by atoms with Crippen molar-refractivity contribution in [2.45, 2.75) is 25.4 Å². The number of nitrogens with two attached hydrogens (primary N) is 1. The fourth-order valence-electron chi connectivity index (χ4n) is 3.96. The van der Waals surface area contributed by atoms with Crippen molar-refractivity contribution in [1.29, 1.82) is 0 Å². The summed E-state index contributed by atoms with van der Waals surface area (Å²) < 4.78 is 2.54. The molecule has 3 N–H and O–H groups in total.